The number of hydrogen-bond donors (Lipinski definition) is 0. The number of nitrogens with zero attached hydrogens (tertiary/aromatic N) is 6. The summed E-state index contributed by atoms with van der Waals surface area (Å²) in [5.74, 6) is 3.02. The van der Waals surface area contributed by atoms with E-state index in [1.54, 1.807) is 6.92 Å². The number of aryl methyl sites for hydroxylation is 3. The van der Waals surface area contributed by atoms with Crippen molar-refractivity contribution in [2.45, 2.75) is 33.8 Å². The Labute approximate surface area is 182 Å². The lowest BCUT2D eigenvalue weighted by Gasteiger charge is -2.36. The van der Waals surface area contributed by atoms with E-state index in [0.717, 1.165) is 23.0 Å². The average molecular weight is 421 g/mol. The number of hydrogen-bond acceptors (Lipinski definition) is 6. The first-order chi connectivity index (χ1) is 14.9. The van der Waals surface area contributed by atoms with Crippen LogP contribution in [0.25, 0.3) is 5.82 Å². The van der Waals surface area contributed by atoms with E-state index in [0.29, 0.717) is 37.8 Å². The van der Waals surface area contributed by atoms with Crippen molar-refractivity contribution >= 4 is 11.7 Å². The molecule has 1 unspecified atom stereocenters. The Bertz CT molecular complexity index is 1060. The van der Waals surface area contributed by atoms with E-state index >= 15 is 0 Å². The molecular formula is C23H28N6O2. The summed E-state index contributed by atoms with van der Waals surface area (Å²) < 4.78 is 7.64. The van der Waals surface area contributed by atoms with Crippen LogP contribution >= 0.6 is 0 Å². The summed E-state index contributed by atoms with van der Waals surface area (Å²) in [6, 6.07) is 13.4. The number of para-hydroxylation sites is 1. The quantitative estimate of drug-likeness (QED) is 0.632. The molecule has 0 aliphatic carbocycles. The van der Waals surface area contributed by atoms with Gasteiger partial charge in [-0.3, -0.25) is 4.79 Å². The molecule has 3 heterocycles. The van der Waals surface area contributed by atoms with E-state index in [9.17, 15) is 4.79 Å². The molecule has 1 aliphatic rings. The Morgan fingerprint density at radius 2 is 1.65 bits per heavy atom. The number of carbonyl (C=O) groups is 1. The molecule has 162 valence electrons. The van der Waals surface area contributed by atoms with Gasteiger partial charge >= 0.3 is 0 Å². The van der Waals surface area contributed by atoms with Crippen LogP contribution in [0.2, 0.25) is 0 Å². The van der Waals surface area contributed by atoms with Crippen LogP contribution in [0, 0.1) is 20.8 Å². The zero-order valence-electron chi connectivity index (χ0n) is 18.4. The van der Waals surface area contributed by atoms with Gasteiger partial charge in [0.2, 0.25) is 0 Å². The van der Waals surface area contributed by atoms with Crippen LogP contribution in [0.15, 0.2) is 42.5 Å². The van der Waals surface area contributed by atoms with Crippen molar-refractivity contribution in [1.29, 1.82) is 0 Å². The third-order valence-electron chi connectivity index (χ3n) is 5.36. The highest BCUT2D eigenvalue weighted by Gasteiger charge is 2.27. The smallest absolute Gasteiger partial charge is 0.263 e. The van der Waals surface area contributed by atoms with Crippen molar-refractivity contribution in [1.82, 2.24) is 24.6 Å². The van der Waals surface area contributed by atoms with Crippen molar-refractivity contribution in [3.05, 3.63) is 59.7 Å². The number of benzene rings is 1. The SMILES string of the molecule is Cc1cc(C)n(-c2cc(N3CCN(C(=O)C(C)Oc4ccccc4)CC3)nc(C)n2)n1. The van der Waals surface area contributed by atoms with E-state index < -0.39 is 6.10 Å². The first-order valence-corrected chi connectivity index (χ1v) is 10.6. The van der Waals surface area contributed by atoms with Gasteiger partial charge in [-0.15, -0.1) is 0 Å². The maximum absolute atomic E-state index is 12.8. The predicted molar refractivity (Wildman–Crippen MR) is 119 cm³/mol. The topological polar surface area (TPSA) is 76.4 Å². The molecule has 0 radical (unpaired) electrons. The third kappa shape index (κ3) is 4.68. The average Bonchev–Trinajstić information content (AvgIpc) is 3.11. The number of amides is 1. The highest BCUT2D eigenvalue weighted by Crippen LogP contribution is 2.19. The summed E-state index contributed by atoms with van der Waals surface area (Å²) >= 11 is 0. The van der Waals surface area contributed by atoms with Gasteiger partial charge in [0.25, 0.3) is 5.91 Å². The molecule has 4 rings (SSSR count). The molecule has 3 aromatic rings. The number of anilines is 1. The molecule has 0 N–H and O–H groups in total. The lowest BCUT2D eigenvalue weighted by atomic mass is 10.2. The van der Waals surface area contributed by atoms with E-state index in [2.05, 4.69) is 20.0 Å². The minimum Gasteiger partial charge on any atom is -0.481 e. The molecule has 8 heteroatoms. The molecule has 0 spiro atoms. The molecule has 8 nitrogen and oxygen atoms in total. The fourth-order valence-electron chi connectivity index (χ4n) is 3.83. The van der Waals surface area contributed by atoms with Gasteiger partial charge in [-0.1, -0.05) is 18.2 Å². The fourth-order valence-corrected chi connectivity index (χ4v) is 3.83. The summed E-state index contributed by atoms with van der Waals surface area (Å²) in [7, 11) is 0. The van der Waals surface area contributed by atoms with Crippen LogP contribution in [0.3, 0.4) is 0 Å². The Hall–Kier alpha value is -3.42. The molecule has 2 aromatic heterocycles. The van der Waals surface area contributed by atoms with Gasteiger partial charge in [-0.2, -0.15) is 5.10 Å². The second-order valence-corrected chi connectivity index (χ2v) is 7.86. The van der Waals surface area contributed by atoms with Crippen LogP contribution in [-0.4, -0.2) is 62.8 Å². The Kier molecular flexibility index (Phi) is 5.88. The van der Waals surface area contributed by atoms with Crippen LogP contribution in [-0.2, 0) is 4.79 Å². The number of carbonyl (C=O) groups excluding carboxylic acids is 1. The lowest BCUT2D eigenvalue weighted by Crippen LogP contribution is -2.52. The molecule has 0 saturated carbocycles. The second-order valence-electron chi connectivity index (χ2n) is 7.86. The van der Waals surface area contributed by atoms with Crippen LogP contribution < -0.4 is 9.64 Å². The monoisotopic (exact) mass is 420 g/mol. The second kappa shape index (κ2) is 8.75. The fraction of sp³-hybridized carbons (Fsp3) is 0.391. The van der Waals surface area contributed by atoms with Crippen molar-refractivity contribution in [3.63, 3.8) is 0 Å². The van der Waals surface area contributed by atoms with Gasteiger partial charge in [-0.25, -0.2) is 14.6 Å². The summed E-state index contributed by atoms with van der Waals surface area (Å²) in [5.41, 5.74) is 1.98. The molecular weight excluding hydrogens is 392 g/mol. The van der Waals surface area contributed by atoms with Crippen molar-refractivity contribution < 1.29 is 9.53 Å². The minimum atomic E-state index is -0.520. The summed E-state index contributed by atoms with van der Waals surface area (Å²) in [5, 5.41) is 4.54. The largest absolute Gasteiger partial charge is 0.481 e. The van der Waals surface area contributed by atoms with Gasteiger partial charge in [0, 0.05) is 37.9 Å². The van der Waals surface area contributed by atoms with Gasteiger partial charge in [0.05, 0.1) is 5.69 Å². The standard InChI is InChI=1S/C23H28N6O2/c1-16-14-17(2)29(26-16)22-15-21(24-19(4)25-22)27-10-12-28(13-11-27)23(30)18(3)31-20-8-6-5-7-9-20/h5-9,14-15,18H,10-13H2,1-4H3. The summed E-state index contributed by atoms with van der Waals surface area (Å²) in [4.78, 5) is 26.1. The van der Waals surface area contributed by atoms with E-state index in [1.807, 2.05) is 72.8 Å². The number of ether oxygens (including phenoxy) is 1. The summed E-state index contributed by atoms with van der Waals surface area (Å²) in [6.07, 6.45) is -0.520. The van der Waals surface area contributed by atoms with Crippen molar-refractivity contribution in [2.75, 3.05) is 31.1 Å². The third-order valence-corrected chi connectivity index (χ3v) is 5.36. The maximum atomic E-state index is 12.8. The molecule has 1 fully saturated rings. The van der Waals surface area contributed by atoms with Crippen molar-refractivity contribution in [2.24, 2.45) is 0 Å². The van der Waals surface area contributed by atoms with Gasteiger partial charge < -0.3 is 14.5 Å². The number of aromatic nitrogens is 4. The van der Waals surface area contributed by atoms with E-state index in [1.165, 1.54) is 0 Å². The van der Waals surface area contributed by atoms with E-state index in [-0.39, 0.29) is 5.91 Å². The molecule has 1 aromatic carbocycles. The van der Waals surface area contributed by atoms with Crippen LogP contribution in [0.5, 0.6) is 5.75 Å². The van der Waals surface area contributed by atoms with Gasteiger partial charge in [0.15, 0.2) is 11.9 Å². The van der Waals surface area contributed by atoms with Crippen molar-refractivity contribution in [3.8, 4) is 11.6 Å². The Balaban J connectivity index is 1.42. The number of rotatable bonds is 5. The molecule has 1 amide bonds. The van der Waals surface area contributed by atoms with Gasteiger partial charge in [-0.05, 0) is 45.9 Å². The van der Waals surface area contributed by atoms with Crippen LogP contribution in [0.4, 0.5) is 5.82 Å². The van der Waals surface area contributed by atoms with E-state index in [4.69, 9.17) is 4.74 Å². The lowest BCUT2D eigenvalue weighted by molar-refractivity contribution is -0.138. The number of piperazine rings is 1. The molecule has 0 bridgehead atoms. The Morgan fingerprint density at radius 3 is 2.29 bits per heavy atom. The first-order valence-electron chi connectivity index (χ1n) is 10.6. The van der Waals surface area contributed by atoms with Crippen LogP contribution in [0.1, 0.15) is 24.1 Å². The first kappa shape index (κ1) is 20.8. The zero-order chi connectivity index (χ0) is 22.0. The Morgan fingerprint density at radius 1 is 0.968 bits per heavy atom. The molecule has 1 aliphatic heterocycles. The highest BCUT2D eigenvalue weighted by molar-refractivity contribution is 5.81. The minimum absolute atomic E-state index is 0.00528. The highest BCUT2D eigenvalue weighted by atomic mass is 16.5. The van der Waals surface area contributed by atoms with Gasteiger partial charge in [0.1, 0.15) is 17.4 Å². The predicted octanol–water partition coefficient (Wildman–Crippen LogP) is 2.70. The molecule has 31 heavy (non-hydrogen) atoms. The normalized spacial score (nSPS) is 15.1. The molecule has 1 atom stereocenters. The zero-order valence-corrected chi connectivity index (χ0v) is 18.4. The molecule has 1 saturated heterocycles. The maximum Gasteiger partial charge on any atom is 0.263 e. The summed E-state index contributed by atoms with van der Waals surface area (Å²) in [6.45, 7) is 10.3.